The van der Waals surface area contributed by atoms with Gasteiger partial charge in [0.1, 0.15) is 0 Å². The minimum atomic E-state index is -3.66. The fourth-order valence-electron chi connectivity index (χ4n) is 2.57. The van der Waals surface area contributed by atoms with Gasteiger partial charge in [0.25, 0.3) is 15.9 Å². The number of rotatable bonds is 5. The van der Waals surface area contributed by atoms with Gasteiger partial charge in [0, 0.05) is 16.9 Å². The fourth-order valence-corrected chi connectivity index (χ4v) is 3.65. The third-order valence-corrected chi connectivity index (χ3v) is 5.49. The average Bonchev–Trinajstić information content (AvgIpc) is 2.66. The summed E-state index contributed by atoms with van der Waals surface area (Å²) in [6.07, 6.45) is 0. The molecule has 0 unspecified atom stereocenters. The second-order valence-electron chi connectivity index (χ2n) is 6.27. The molecule has 0 radical (unpaired) electrons. The number of carbonyl (C=O) groups is 1. The van der Waals surface area contributed by atoms with Crippen LogP contribution >= 0.6 is 0 Å². The lowest BCUT2D eigenvalue weighted by molar-refractivity contribution is 0.102. The minimum absolute atomic E-state index is 0.182. The Morgan fingerprint density at radius 3 is 2.19 bits per heavy atom. The van der Waals surface area contributed by atoms with Crippen molar-refractivity contribution < 1.29 is 13.2 Å². The lowest BCUT2D eigenvalue weighted by Gasteiger charge is -2.11. The van der Waals surface area contributed by atoms with Gasteiger partial charge in [-0.2, -0.15) is 0 Å². The van der Waals surface area contributed by atoms with Crippen molar-refractivity contribution in [1.82, 2.24) is 0 Å². The number of anilines is 2. The molecule has 2 N–H and O–H groups in total. The molecule has 6 heteroatoms. The predicted octanol–water partition coefficient (Wildman–Crippen LogP) is 4.36. The van der Waals surface area contributed by atoms with E-state index in [0.29, 0.717) is 11.3 Å². The number of benzene rings is 3. The van der Waals surface area contributed by atoms with Gasteiger partial charge in [0.05, 0.1) is 4.90 Å². The Labute approximate surface area is 159 Å². The molecule has 0 aliphatic rings. The smallest absolute Gasteiger partial charge is 0.261 e. The van der Waals surface area contributed by atoms with Gasteiger partial charge < -0.3 is 5.32 Å². The topological polar surface area (TPSA) is 75.3 Å². The van der Waals surface area contributed by atoms with E-state index in [2.05, 4.69) is 10.0 Å². The molecule has 0 aliphatic heterocycles. The molecule has 0 atom stereocenters. The molecule has 0 spiro atoms. The molecule has 0 saturated heterocycles. The first kappa shape index (κ1) is 18.7. The Kier molecular flexibility index (Phi) is 5.28. The highest BCUT2D eigenvalue weighted by atomic mass is 32.2. The molecule has 0 saturated carbocycles. The molecule has 5 nitrogen and oxygen atoms in total. The maximum Gasteiger partial charge on any atom is 0.261 e. The summed E-state index contributed by atoms with van der Waals surface area (Å²) in [6.45, 7) is 3.89. The molecular weight excluding hydrogens is 360 g/mol. The molecule has 0 aromatic heterocycles. The van der Waals surface area contributed by atoms with E-state index in [1.165, 1.54) is 12.1 Å². The summed E-state index contributed by atoms with van der Waals surface area (Å²) in [5.41, 5.74) is 3.62. The van der Waals surface area contributed by atoms with E-state index < -0.39 is 10.0 Å². The largest absolute Gasteiger partial charge is 0.322 e. The maximum absolute atomic E-state index is 12.4. The summed E-state index contributed by atoms with van der Waals surface area (Å²) >= 11 is 0. The van der Waals surface area contributed by atoms with Crippen LogP contribution in [-0.4, -0.2) is 14.3 Å². The standard InChI is InChI=1S/C21H20N2O3S/c1-15-8-9-16(2)20(14-15)22-21(24)17-10-12-18(13-11-17)23-27(25,26)19-6-4-3-5-7-19/h3-14,23H,1-2H3,(H,22,24). The van der Waals surface area contributed by atoms with E-state index in [4.69, 9.17) is 0 Å². The summed E-state index contributed by atoms with van der Waals surface area (Å²) in [7, 11) is -3.66. The summed E-state index contributed by atoms with van der Waals surface area (Å²) < 4.78 is 27.2. The van der Waals surface area contributed by atoms with E-state index in [9.17, 15) is 13.2 Å². The Morgan fingerprint density at radius 2 is 1.52 bits per heavy atom. The number of sulfonamides is 1. The third kappa shape index (κ3) is 4.54. The lowest BCUT2D eigenvalue weighted by Crippen LogP contribution is -2.14. The van der Waals surface area contributed by atoms with Crippen LogP contribution in [0.5, 0.6) is 0 Å². The van der Waals surface area contributed by atoms with Crippen LogP contribution in [-0.2, 0) is 10.0 Å². The van der Waals surface area contributed by atoms with Crippen molar-refractivity contribution >= 4 is 27.3 Å². The fraction of sp³-hybridized carbons (Fsp3) is 0.0952. The van der Waals surface area contributed by atoms with E-state index in [1.54, 1.807) is 42.5 Å². The van der Waals surface area contributed by atoms with Crippen LogP contribution in [0.1, 0.15) is 21.5 Å². The molecule has 0 fully saturated rings. The first-order valence-corrected chi connectivity index (χ1v) is 9.90. The van der Waals surface area contributed by atoms with Crippen molar-refractivity contribution in [3.05, 3.63) is 89.5 Å². The Balaban J connectivity index is 1.73. The van der Waals surface area contributed by atoms with Crippen LogP contribution in [0.25, 0.3) is 0 Å². The van der Waals surface area contributed by atoms with Crippen molar-refractivity contribution in [1.29, 1.82) is 0 Å². The number of hydrogen-bond donors (Lipinski definition) is 2. The predicted molar refractivity (Wildman–Crippen MR) is 108 cm³/mol. The third-order valence-electron chi connectivity index (χ3n) is 4.09. The second-order valence-corrected chi connectivity index (χ2v) is 7.95. The number of aryl methyl sites for hydroxylation is 2. The van der Waals surface area contributed by atoms with Crippen LogP contribution < -0.4 is 10.0 Å². The van der Waals surface area contributed by atoms with Crippen LogP contribution in [0.2, 0.25) is 0 Å². The van der Waals surface area contributed by atoms with E-state index in [1.807, 2.05) is 32.0 Å². The normalized spacial score (nSPS) is 11.0. The van der Waals surface area contributed by atoms with Gasteiger partial charge in [-0.15, -0.1) is 0 Å². The first-order valence-electron chi connectivity index (χ1n) is 8.42. The average molecular weight is 380 g/mol. The highest BCUT2D eigenvalue weighted by molar-refractivity contribution is 7.92. The maximum atomic E-state index is 12.4. The van der Waals surface area contributed by atoms with Gasteiger partial charge in [-0.1, -0.05) is 30.3 Å². The van der Waals surface area contributed by atoms with Crippen LogP contribution in [0.4, 0.5) is 11.4 Å². The van der Waals surface area contributed by atoms with E-state index >= 15 is 0 Å². The first-order chi connectivity index (χ1) is 12.8. The number of nitrogens with one attached hydrogen (secondary N) is 2. The Morgan fingerprint density at radius 1 is 0.852 bits per heavy atom. The Hall–Kier alpha value is -3.12. The number of amides is 1. The molecule has 138 valence electrons. The lowest BCUT2D eigenvalue weighted by atomic mass is 10.1. The molecule has 0 heterocycles. The SMILES string of the molecule is Cc1ccc(C)c(NC(=O)c2ccc(NS(=O)(=O)c3ccccc3)cc2)c1. The quantitative estimate of drug-likeness (QED) is 0.691. The molecule has 3 aromatic carbocycles. The molecule has 3 rings (SSSR count). The zero-order valence-corrected chi connectivity index (χ0v) is 15.9. The van der Waals surface area contributed by atoms with Gasteiger partial charge >= 0.3 is 0 Å². The molecule has 3 aromatic rings. The van der Waals surface area contributed by atoms with Gasteiger partial charge in [-0.25, -0.2) is 8.42 Å². The van der Waals surface area contributed by atoms with Gasteiger partial charge in [0.2, 0.25) is 0 Å². The van der Waals surface area contributed by atoms with Crippen LogP contribution in [0.15, 0.2) is 77.7 Å². The molecule has 0 bridgehead atoms. The van der Waals surface area contributed by atoms with E-state index in [0.717, 1.165) is 16.8 Å². The zero-order valence-electron chi connectivity index (χ0n) is 15.1. The summed E-state index contributed by atoms with van der Waals surface area (Å²) in [6, 6.07) is 20.3. The van der Waals surface area contributed by atoms with Crippen LogP contribution in [0.3, 0.4) is 0 Å². The van der Waals surface area contributed by atoms with Gasteiger partial charge in [-0.05, 0) is 67.4 Å². The van der Waals surface area contributed by atoms with Crippen molar-refractivity contribution in [2.24, 2.45) is 0 Å². The van der Waals surface area contributed by atoms with Crippen LogP contribution in [0, 0.1) is 13.8 Å². The van der Waals surface area contributed by atoms with Gasteiger partial charge in [-0.3, -0.25) is 9.52 Å². The molecular formula is C21H20N2O3S. The van der Waals surface area contributed by atoms with Crippen molar-refractivity contribution in [3.63, 3.8) is 0 Å². The van der Waals surface area contributed by atoms with Gasteiger partial charge in [0.15, 0.2) is 0 Å². The van der Waals surface area contributed by atoms with Crippen molar-refractivity contribution in [2.45, 2.75) is 18.7 Å². The second kappa shape index (κ2) is 7.63. The molecule has 0 aliphatic carbocycles. The number of carbonyl (C=O) groups excluding carboxylic acids is 1. The Bertz CT molecular complexity index is 1060. The highest BCUT2D eigenvalue weighted by Gasteiger charge is 2.14. The molecule has 27 heavy (non-hydrogen) atoms. The van der Waals surface area contributed by atoms with Crippen molar-refractivity contribution in [3.8, 4) is 0 Å². The zero-order chi connectivity index (χ0) is 19.4. The minimum Gasteiger partial charge on any atom is -0.322 e. The van der Waals surface area contributed by atoms with E-state index in [-0.39, 0.29) is 10.8 Å². The highest BCUT2D eigenvalue weighted by Crippen LogP contribution is 2.19. The summed E-state index contributed by atoms with van der Waals surface area (Å²) in [4.78, 5) is 12.6. The summed E-state index contributed by atoms with van der Waals surface area (Å²) in [5, 5.41) is 2.88. The number of hydrogen-bond acceptors (Lipinski definition) is 3. The summed E-state index contributed by atoms with van der Waals surface area (Å²) in [5.74, 6) is -0.249. The molecule has 1 amide bonds. The van der Waals surface area contributed by atoms with Crippen molar-refractivity contribution in [2.75, 3.05) is 10.0 Å². The monoisotopic (exact) mass is 380 g/mol.